The van der Waals surface area contributed by atoms with Gasteiger partial charge >= 0.3 is 5.97 Å². The number of esters is 1. The summed E-state index contributed by atoms with van der Waals surface area (Å²) in [4.78, 5) is 14.8. The van der Waals surface area contributed by atoms with Gasteiger partial charge in [0.05, 0.1) is 6.61 Å². The van der Waals surface area contributed by atoms with E-state index in [0.717, 1.165) is 6.42 Å². The maximum Gasteiger partial charge on any atom is 0.342 e. The first-order valence-corrected chi connectivity index (χ1v) is 5.05. The van der Waals surface area contributed by atoms with Crippen molar-refractivity contribution in [3.63, 3.8) is 0 Å². The molecule has 3 nitrogen and oxygen atoms in total. The molecule has 0 radical (unpaired) electrons. The Hall–Kier alpha value is -1.45. The molecule has 0 saturated heterocycles. The molecule has 0 spiro atoms. The smallest absolute Gasteiger partial charge is 0.342 e. The Labute approximate surface area is 87.3 Å². The van der Waals surface area contributed by atoms with Gasteiger partial charge < -0.3 is 4.74 Å². The fraction of sp³-hybridized carbons (Fsp3) is 0.455. The van der Waals surface area contributed by atoms with Crippen molar-refractivity contribution in [2.24, 2.45) is 5.92 Å². The van der Waals surface area contributed by atoms with E-state index < -0.39 is 11.9 Å². The molecular formula is C11H12FNO2. The number of rotatable bonds is 4. The molecule has 4 heteroatoms. The number of pyridine rings is 1. The summed E-state index contributed by atoms with van der Waals surface area (Å²) in [6.07, 6.45) is 4.63. The maximum absolute atomic E-state index is 13.0. The summed E-state index contributed by atoms with van der Waals surface area (Å²) in [5.74, 6) is -0.688. The number of nitrogens with zero attached hydrogens (tertiary/aromatic N) is 1. The summed E-state index contributed by atoms with van der Waals surface area (Å²) in [6, 6.07) is 2.89. The van der Waals surface area contributed by atoms with Gasteiger partial charge in [-0.3, -0.25) is 0 Å². The standard InChI is InChI=1S/C11H12FNO2/c12-10-9(2-1-6-13-10)11(14)15-7-5-8-3-4-8/h1-2,6,8H,3-5,7H2. The number of carbonyl (C=O) groups excluding carboxylic acids is 1. The molecule has 0 bridgehead atoms. The minimum atomic E-state index is -0.770. The molecule has 0 atom stereocenters. The Morgan fingerprint density at radius 2 is 2.40 bits per heavy atom. The molecule has 2 rings (SSSR count). The quantitative estimate of drug-likeness (QED) is 0.563. The Balaban J connectivity index is 1.86. The van der Waals surface area contributed by atoms with E-state index >= 15 is 0 Å². The third kappa shape index (κ3) is 2.75. The second-order valence-corrected chi connectivity index (χ2v) is 3.71. The highest BCUT2D eigenvalue weighted by Gasteiger charge is 2.21. The van der Waals surface area contributed by atoms with Gasteiger partial charge in [-0.25, -0.2) is 9.78 Å². The molecule has 1 saturated carbocycles. The first-order chi connectivity index (χ1) is 7.27. The first-order valence-electron chi connectivity index (χ1n) is 5.05. The first kappa shape index (κ1) is 10.1. The summed E-state index contributed by atoms with van der Waals surface area (Å²) in [5.41, 5.74) is -0.0895. The van der Waals surface area contributed by atoms with Crippen molar-refractivity contribution in [2.75, 3.05) is 6.61 Å². The number of aromatic nitrogens is 1. The normalized spacial score (nSPS) is 15.0. The lowest BCUT2D eigenvalue weighted by Crippen LogP contribution is -2.09. The van der Waals surface area contributed by atoms with Gasteiger partial charge in [-0.1, -0.05) is 12.8 Å². The van der Waals surface area contributed by atoms with Gasteiger partial charge in [0.25, 0.3) is 0 Å². The Morgan fingerprint density at radius 3 is 3.07 bits per heavy atom. The Kier molecular flexibility index (Phi) is 2.94. The highest BCUT2D eigenvalue weighted by Crippen LogP contribution is 2.32. The molecule has 1 heterocycles. The van der Waals surface area contributed by atoms with Gasteiger partial charge in [0.1, 0.15) is 5.56 Å². The molecule has 0 aliphatic heterocycles. The highest BCUT2D eigenvalue weighted by molar-refractivity contribution is 5.89. The van der Waals surface area contributed by atoms with Crippen molar-refractivity contribution >= 4 is 5.97 Å². The van der Waals surface area contributed by atoms with Crippen LogP contribution in [0.15, 0.2) is 18.3 Å². The van der Waals surface area contributed by atoms with Gasteiger partial charge in [-0.15, -0.1) is 0 Å². The Bertz CT molecular complexity index is 363. The van der Waals surface area contributed by atoms with Gasteiger partial charge in [0, 0.05) is 6.20 Å². The SMILES string of the molecule is O=C(OCCC1CC1)c1cccnc1F. The molecular weight excluding hydrogens is 197 g/mol. The van der Waals surface area contributed by atoms with E-state index in [1.165, 1.54) is 31.2 Å². The van der Waals surface area contributed by atoms with Crippen LogP contribution in [0.4, 0.5) is 4.39 Å². The van der Waals surface area contributed by atoms with Crippen molar-refractivity contribution in [3.05, 3.63) is 29.8 Å². The zero-order chi connectivity index (χ0) is 10.7. The van der Waals surface area contributed by atoms with E-state index in [1.807, 2.05) is 0 Å². The second kappa shape index (κ2) is 4.38. The molecule has 0 aromatic carbocycles. The lowest BCUT2D eigenvalue weighted by molar-refractivity contribution is 0.0488. The number of hydrogen-bond acceptors (Lipinski definition) is 3. The molecule has 1 aliphatic rings. The maximum atomic E-state index is 13.0. The predicted octanol–water partition coefficient (Wildman–Crippen LogP) is 2.18. The van der Waals surface area contributed by atoms with Crippen LogP contribution in [0.5, 0.6) is 0 Å². The average molecular weight is 209 g/mol. The van der Waals surface area contributed by atoms with Crippen LogP contribution in [-0.4, -0.2) is 17.6 Å². The zero-order valence-corrected chi connectivity index (χ0v) is 8.28. The van der Waals surface area contributed by atoms with Crippen molar-refractivity contribution in [3.8, 4) is 0 Å². The molecule has 1 fully saturated rings. The van der Waals surface area contributed by atoms with Crippen molar-refractivity contribution in [1.82, 2.24) is 4.98 Å². The fourth-order valence-corrected chi connectivity index (χ4v) is 1.34. The van der Waals surface area contributed by atoms with Gasteiger partial charge in [-0.2, -0.15) is 4.39 Å². The predicted molar refractivity (Wildman–Crippen MR) is 51.8 cm³/mol. The van der Waals surface area contributed by atoms with Gasteiger partial charge in [0.2, 0.25) is 5.95 Å². The molecule has 1 aromatic heterocycles. The van der Waals surface area contributed by atoms with Crippen molar-refractivity contribution < 1.29 is 13.9 Å². The lowest BCUT2D eigenvalue weighted by atomic mass is 10.3. The second-order valence-electron chi connectivity index (χ2n) is 3.71. The van der Waals surface area contributed by atoms with E-state index in [-0.39, 0.29) is 5.56 Å². The lowest BCUT2D eigenvalue weighted by Gasteiger charge is -2.03. The van der Waals surface area contributed by atoms with Crippen LogP contribution in [0.3, 0.4) is 0 Å². The van der Waals surface area contributed by atoms with Crippen LogP contribution in [0.25, 0.3) is 0 Å². The van der Waals surface area contributed by atoms with Crippen LogP contribution < -0.4 is 0 Å². The summed E-state index contributed by atoms with van der Waals surface area (Å²) in [5, 5.41) is 0. The molecule has 0 amide bonds. The van der Waals surface area contributed by atoms with E-state index in [1.54, 1.807) is 0 Å². The van der Waals surface area contributed by atoms with E-state index in [9.17, 15) is 9.18 Å². The Morgan fingerprint density at radius 1 is 1.60 bits per heavy atom. The van der Waals surface area contributed by atoms with Crippen LogP contribution in [0.2, 0.25) is 0 Å². The summed E-state index contributed by atoms with van der Waals surface area (Å²) >= 11 is 0. The van der Waals surface area contributed by atoms with E-state index in [2.05, 4.69) is 4.98 Å². The molecule has 1 aromatic rings. The van der Waals surface area contributed by atoms with Crippen LogP contribution >= 0.6 is 0 Å². The molecule has 1 aliphatic carbocycles. The third-order valence-corrected chi connectivity index (χ3v) is 2.44. The van der Waals surface area contributed by atoms with Crippen molar-refractivity contribution in [1.29, 1.82) is 0 Å². The van der Waals surface area contributed by atoms with Crippen LogP contribution in [0, 0.1) is 11.9 Å². The number of hydrogen-bond donors (Lipinski definition) is 0. The number of carbonyl (C=O) groups is 1. The number of ether oxygens (including phenoxy) is 1. The number of halogens is 1. The summed E-state index contributed by atoms with van der Waals surface area (Å²) < 4.78 is 18.0. The summed E-state index contributed by atoms with van der Waals surface area (Å²) in [6.45, 7) is 0.373. The summed E-state index contributed by atoms with van der Waals surface area (Å²) in [7, 11) is 0. The highest BCUT2D eigenvalue weighted by atomic mass is 19.1. The molecule has 80 valence electrons. The fourth-order valence-electron chi connectivity index (χ4n) is 1.34. The van der Waals surface area contributed by atoms with Crippen LogP contribution in [-0.2, 0) is 4.74 Å². The monoisotopic (exact) mass is 209 g/mol. The minimum Gasteiger partial charge on any atom is -0.462 e. The van der Waals surface area contributed by atoms with E-state index in [0.29, 0.717) is 12.5 Å². The minimum absolute atomic E-state index is 0.0895. The van der Waals surface area contributed by atoms with Crippen LogP contribution in [0.1, 0.15) is 29.6 Å². The average Bonchev–Trinajstić information content (AvgIpc) is 3.02. The molecule has 0 N–H and O–H groups in total. The zero-order valence-electron chi connectivity index (χ0n) is 8.28. The molecule has 15 heavy (non-hydrogen) atoms. The topological polar surface area (TPSA) is 39.2 Å². The van der Waals surface area contributed by atoms with Gasteiger partial charge in [0.15, 0.2) is 0 Å². The van der Waals surface area contributed by atoms with E-state index in [4.69, 9.17) is 4.74 Å². The largest absolute Gasteiger partial charge is 0.462 e. The van der Waals surface area contributed by atoms with Gasteiger partial charge in [-0.05, 0) is 24.5 Å². The third-order valence-electron chi connectivity index (χ3n) is 2.44. The van der Waals surface area contributed by atoms with Crippen molar-refractivity contribution in [2.45, 2.75) is 19.3 Å². The molecule has 0 unspecified atom stereocenters.